The number of anilines is 2. The van der Waals surface area contributed by atoms with Crippen LogP contribution in [0.5, 0.6) is 17.2 Å². The van der Waals surface area contributed by atoms with Crippen LogP contribution < -0.4 is 24.0 Å². The second kappa shape index (κ2) is 10.7. The Balaban J connectivity index is 1.94. The molecule has 0 saturated heterocycles. The summed E-state index contributed by atoms with van der Waals surface area (Å²) in [4.78, 5) is 17.6. The summed E-state index contributed by atoms with van der Waals surface area (Å²) in [6.07, 6.45) is 1.12. The van der Waals surface area contributed by atoms with Gasteiger partial charge in [0.15, 0.2) is 11.5 Å². The van der Waals surface area contributed by atoms with Gasteiger partial charge < -0.3 is 19.1 Å². The van der Waals surface area contributed by atoms with Gasteiger partial charge in [-0.3, -0.25) is 9.69 Å². The topological polar surface area (TPSA) is 51.2 Å². The lowest BCUT2D eigenvalue weighted by molar-refractivity contribution is -0.118. The number of amides is 1. The van der Waals surface area contributed by atoms with E-state index >= 15 is 0 Å². The van der Waals surface area contributed by atoms with Gasteiger partial charge in [0.1, 0.15) is 5.75 Å². The molecule has 0 bridgehead atoms. The average molecular weight is 509 g/mol. The van der Waals surface area contributed by atoms with Gasteiger partial charge in [-0.25, -0.2) is 0 Å². The van der Waals surface area contributed by atoms with E-state index in [1.54, 1.807) is 14.2 Å². The third kappa shape index (κ3) is 4.96. The number of nitrogens with zero attached hydrogens (tertiary/aromatic N) is 2. The third-order valence-corrected chi connectivity index (χ3v) is 6.87. The molecule has 1 aliphatic rings. The van der Waals surface area contributed by atoms with Crippen LogP contribution in [0.1, 0.15) is 43.0 Å². The zero-order chi connectivity index (χ0) is 26.0. The first kappa shape index (κ1) is 25.7. The number of hydrogen-bond acceptors (Lipinski definition) is 5. The van der Waals surface area contributed by atoms with E-state index in [0.717, 1.165) is 28.8 Å². The van der Waals surface area contributed by atoms with Crippen molar-refractivity contribution in [2.24, 2.45) is 0 Å². The minimum absolute atomic E-state index is 0.0194. The van der Waals surface area contributed by atoms with Gasteiger partial charge in [-0.05, 0) is 66.4 Å². The van der Waals surface area contributed by atoms with Crippen molar-refractivity contribution >= 4 is 28.9 Å². The van der Waals surface area contributed by atoms with Crippen LogP contribution in [0.2, 0.25) is 5.02 Å². The number of rotatable bonds is 8. The number of halogens is 1. The average Bonchev–Trinajstić information content (AvgIpc) is 2.87. The smallest absolute Gasteiger partial charge is 0.232 e. The molecule has 0 saturated carbocycles. The molecule has 0 N–H and O–H groups in total. The molecular formula is C29H33ClN2O4. The summed E-state index contributed by atoms with van der Waals surface area (Å²) in [5, 5.41) is 0.635. The van der Waals surface area contributed by atoms with E-state index in [-0.39, 0.29) is 18.4 Å². The monoisotopic (exact) mass is 508 g/mol. The molecule has 1 aliphatic heterocycles. The van der Waals surface area contributed by atoms with Crippen LogP contribution in [0.25, 0.3) is 0 Å². The number of carbonyl (C=O) groups is 1. The lowest BCUT2D eigenvalue weighted by Crippen LogP contribution is -2.41. The summed E-state index contributed by atoms with van der Waals surface area (Å²) in [5.74, 6) is 1.88. The SMILES string of the molecule is CCC(C)Oc1cc2c(cc1OC)CC(=O)N(c1ccc(N(C)C)cc1OC)C2c1ccc(Cl)cc1. The highest BCUT2D eigenvalue weighted by atomic mass is 35.5. The largest absolute Gasteiger partial charge is 0.494 e. The van der Waals surface area contributed by atoms with Crippen LogP contribution in [0.4, 0.5) is 11.4 Å². The molecule has 6 nitrogen and oxygen atoms in total. The maximum absolute atomic E-state index is 13.8. The standard InChI is InChI=1S/C29H33ClN2O4/c1-7-18(2)36-27-17-23-20(14-26(27)35-6)15-28(33)32(29(23)19-8-10-21(30)11-9-19)24-13-12-22(31(3)4)16-25(24)34-5/h8-14,16-18,29H,7,15H2,1-6H3. The van der Waals surface area contributed by atoms with E-state index in [2.05, 4.69) is 6.92 Å². The van der Waals surface area contributed by atoms with Gasteiger partial charge in [0, 0.05) is 30.9 Å². The van der Waals surface area contributed by atoms with Crippen molar-refractivity contribution in [3.05, 3.63) is 76.3 Å². The van der Waals surface area contributed by atoms with Crippen molar-refractivity contribution in [2.75, 3.05) is 38.1 Å². The maximum Gasteiger partial charge on any atom is 0.232 e. The van der Waals surface area contributed by atoms with Gasteiger partial charge in [0.25, 0.3) is 0 Å². The molecular weight excluding hydrogens is 476 g/mol. The summed E-state index contributed by atoms with van der Waals surface area (Å²) in [6.45, 7) is 4.11. The van der Waals surface area contributed by atoms with Crippen LogP contribution in [-0.2, 0) is 11.2 Å². The fourth-order valence-corrected chi connectivity index (χ4v) is 4.62. The zero-order valence-corrected chi connectivity index (χ0v) is 22.4. The summed E-state index contributed by atoms with van der Waals surface area (Å²) in [7, 11) is 7.19. The number of hydrogen-bond donors (Lipinski definition) is 0. The fraction of sp³-hybridized carbons (Fsp3) is 0.345. The Hall–Kier alpha value is -3.38. The Kier molecular flexibility index (Phi) is 7.65. The molecule has 0 fully saturated rings. The fourth-order valence-electron chi connectivity index (χ4n) is 4.50. The van der Waals surface area contributed by atoms with Crippen molar-refractivity contribution in [3.8, 4) is 17.2 Å². The van der Waals surface area contributed by atoms with Crippen LogP contribution in [-0.4, -0.2) is 40.3 Å². The second-order valence-electron chi connectivity index (χ2n) is 9.18. The van der Waals surface area contributed by atoms with Crippen molar-refractivity contribution in [1.82, 2.24) is 0 Å². The summed E-state index contributed by atoms with van der Waals surface area (Å²) in [6, 6.07) is 17.0. The minimum Gasteiger partial charge on any atom is -0.494 e. The highest BCUT2D eigenvalue weighted by molar-refractivity contribution is 6.30. The Morgan fingerprint density at radius 2 is 1.69 bits per heavy atom. The van der Waals surface area contributed by atoms with Crippen molar-refractivity contribution in [3.63, 3.8) is 0 Å². The van der Waals surface area contributed by atoms with E-state index in [9.17, 15) is 4.79 Å². The molecule has 3 aromatic carbocycles. The van der Waals surface area contributed by atoms with Gasteiger partial charge in [-0.1, -0.05) is 30.7 Å². The molecule has 1 heterocycles. The molecule has 4 rings (SSSR count). The van der Waals surface area contributed by atoms with E-state index < -0.39 is 6.04 Å². The van der Waals surface area contributed by atoms with Crippen LogP contribution in [0.15, 0.2) is 54.6 Å². The number of ether oxygens (including phenoxy) is 3. The highest BCUT2D eigenvalue weighted by Gasteiger charge is 2.37. The van der Waals surface area contributed by atoms with Gasteiger partial charge in [0.2, 0.25) is 5.91 Å². The van der Waals surface area contributed by atoms with Gasteiger partial charge in [0.05, 0.1) is 38.5 Å². The lowest BCUT2D eigenvalue weighted by atomic mass is 9.86. The number of benzene rings is 3. The molecule has 2 unspecified atom stereocenters. The number of methoxy groups -OCH3 is 2. The van der Waals surface area contributed by atoms with E-state index in [1.165, 1.54) is 0 Å². The molecule has 3 aromatic rings. The summed E-state index contributed by atoms with van der Waals surface area (Å²) < 4.78 is 17.6. The number of fused-ring (bicyclic) bond motifs is 1. The van der Waals surface area contributed by atoms with Crippen molar-refractivity contribution in [2.45, 2.75) is 38.8 Å². The molecule has 0 aliphatic carbocycles. The first-order valence-electron chi connectivity index (χ1n) is 12.1. The number of carbonyl (C=O) groups excluding carboxylic acids is 1. The Morgan fingerprint density at radius 3 is 2.31 bits per heavy atom. The Bertz CT molecular complexity index is 1240. The Morgan fingerprint density at radius 1 is 1.00 bits per heavy atom. The molecule has 0 aromatic heterocycles. The van der Waals surface area contributed by atoms with Crippen molar-refractivity contribution in [1.29, 1.82) is 0 Å². The van der Waals surface area contributed by atoms with Crippen LogP contribution >= 0.6 is 11.6 Å². The highest BCUT2D eigenvalue weighted by Crippen LogP contribution is 2.46. The van der Waals surface area contributed by atoms with Crippen molar-refractivity contribution < 1.29 is 19.0 Å². The first-order chi connectivity index (χ1) is 17.3. The quantitative estimate of drug-likeness (QED) is 0.358. The Labute approximate surface area is 218 Å². The van der Waals surface area contributed by atoms with Gasteiger partial charge in [-0.15, -0.1) is 0 Å². The van der Waals surface area contributed by atoms with Crippen LogP contribution in [0.3, 0.4) is 0 Å². The molecule has 190 valence electrons. The molecule has 2 atom stereocenters. The van der Waals surface area contributed by atoms with E-state index in [0.29, 0.717) is 28.0 Å². The lowest BCUT2D eigenvalue weighted by Gasteiger charge is -2.39. The second-order valence-corrected chi connectivity index (χ2v) is 9.62. The zero-order valence-electron chi connectivity index (χ0n) is 21.7. The van der Waals surface area contributed by atoms with E-state index in [1.807, 2.05) is 85.4 Å². The first-order valence-corrected chi connectivity index (χ1v) is 12.5. The summed E-state index contributed by atoms with van der Waals surface area (Å²) >= 11 is 6.22. The third-order valence-electron chi connectivity index (χ3n) is 6.62. The molecule has 1 amide bonds. The minimum atomic E-state index is -0.400. The normalized spacial score (nSPS) is 15.8. The molecule has 36 heavy (non-hydrogen) atoms. The predicted octanol–water partition coefficient (Wildman–Crippen LogP) is 6.28. The van der Waals surface area contributed by atoms with E-state index in [4.69, 9.17) is 25.8 Å². The molecule has 7 heteroatoms. The van der Waals surface area contributed by atoms with Crippen LogP contribution in [0, 0.1) is 0 Å². The molecule has 0 spiro atoms. The van der Waals surface area contributed by atoms with Gasteiger partial charge >= 0.3 is 0 Å². The maximum atomic E-state index is 13.8. The van der Waals surface area contributed by atoms with Gasteiger partial charge in [-0.2, -0.15) is 0 Å². The summed E-state index contributed by atoms with van der Waals surface area (Å²) in [5.41, 5.74) is 4.52. The molecule has 0 radical (unpaired) electrons. The predicted molar refractivity (Wildman–Crippen MR) is 145 cm³/mol.